The molecule has 0 bridgehead atoms. The highest BCUT2D eigenvalue weighted by Gasteiger charge is 2.09. The van der Waals surface area contributed by atoms with Gasteiger partial charge >= 0.3 is 5.97 Å². The minimum Gasteiger partial charge on any atom is -0.478 e. The van der Waals surface area contributed by atoms with Gasteiger partial charge in [-0.05, 0) is 25.1 Å². The summed E-state index contributed by atoms with van der Waals surface area (Å²) >= 11 is 0. The number of benzene rings is 1. The zero-order valence-electron chi connectivity index (χ0n) is 11.4. The zero-order valence-corrected chi connectivity index (χ0v) is 11.4. The predicted molar refractivity (Wildman–Crippen MR) is 77.5 cm³/mol. The van der Waals surface area contributed by atoms with Crippen LogP contribution in [-0.4, -0.2) is 21.6 Å². The Morgan fingerprint density at radius 3 is 2.43 bits per heavy atom. The van der Waals surface area contributed by atoms with E-state index < -0.39 is 17.4 Å². The van der Waals surface area contributed by atoms with Gasteiger partial charge in [0, 0.05) is 18.0 Å². The third-order valence-corrected chi connectivity index (χ3v) is 2.88. The summed E-state index contributed by atoms with van der Waals surface area (Å²) < 4.78 is 1.06. The average Bonchev–Trinajstić information content (AvgIpc) is 2.43. The maximum Gasteiger partial charge on any atom is 0.337 e. The van der Waals surface area contributed by atoms with Crippen molar-refractivity contribution in [3.8, 4) is 0 Å². The molecule has 0 spiro atoms. The first-order valence-electron chi connectivity index (χ1n) is 6.26. The monoisotopic (exact) mass is 286 g/mol. The maximum atomic E-state index is 11.9. The van der Waals surface area contributed by atoms with Gasteiger partial charge in [-0.15, -0.1) is 0 Å². The summed E-state index contributed by atoms with van der Waals surface area (Å²) in [4.78, 5) is 34.4. The number of pyridine rings is 1. The molecule has 21 heavy (non-hydrogen) atoms. The van der Waals surface area contributed by atoms with Crippen molar-refractivity contribution < 1.29 is 14.7 Å². The highest BCUT2D eigenvalue weighted by Crippen LogP contribution is 2.08. The molecule has 1 amide bonds. The number of hydrogen-bond donors (Lipinski definition) is 2. The molecule has 108 valence electrons. The Labute approximate surface area is 120 Å². The standard InChI is InChI=1S/C15H14N2O4/c1-10-2-5-12(6-3-10)16-13(18)9-17-8-11(15(20)21)4-7-14(17)19/h2-8H,9H2,1H3,(H,16,18)(H,20,21). The summed E-state index contributed by atoms with van der Waals surface area (Å²) in [5, 5.41) is 11.5. The van der Waals surface area contributed by atoms with Crippen molar-refractivity contribution in [1.82, 2.24) is 4.57 Å². The highest BCUT2D eigenvalue weighted by atomic mass is 16.4. The predicted octanol–water partition coefficient (Wildman–Crippen LogP) is 1.49. The molecule has 0 aliphatic carbocycles. The van der Waals surface area contributed by atoms with Gasteiger partial charge in [-0.2, -0.15) is 0 Å². The van der Waals surface area contributed by atoms with Crippen LogP contribution in [0.3, 0.4) is 0 Å². The van der Waals surface area contributed by atoms with Gasteiger partial charge in [0.15, 0.2) is 0 Å². The molecule has 0 radical (unpaired) electrons. The second-order valence-corrected chi connectivity index (χ2v) is 4.60. The fourth-order valence-corrected chi connectivity index (χ4v) is 1.77. The van der Waals surface area contributed by atoms with E-state index >= 15 is 0 Å². The van der Waals surface area contributed by atoms with E-state index in [-0.39, 0.29) is 12.1 Å². The molecule has 0 fully saturated rings. The van der Waals surface area contributed by atoms with Crippen LogP contribution in [0.2, 0.25) is 0 Å². The van der Waals surface area contributed by atoms with Crippen LogP contribution in [0, 0.1) is 6.92 Å². The number of carbonyl (C=O) groups is 2. The number of nitrogens with one attached hydrogen (secondary N) is 1. The normalized spacial score (nSPS) is 10.1. The van der Waals surface area contributed by atoms with Crippen LogP contribution in [-0.2, 0) is 11.3 Å². The summed E-state index contributed by atoms with van der Waals surface area (Å²) in [6, 6.07) is 9.55. The Bertz CT molecular complexity index is 732. The lowest BCUT2D eigenvalue weighted by Gasteiger charge is -2.08. The van der Waals surface area contributed by atoms with E-state index in [2.05, 4.69) is 5.32 Å². The van der Waals surface area contributed by atoms with Gasteiger partial charge in [0.25, 0.3) is 5.56 Å². The topological polar surface area (TPSA) is 88.4 Å². The molecule has 1 aromatic carbocycles. The van der Waals surface area contributed by atoms with Gasteiger partial charge in [0.2, 0.25) is 5.91 Å². The van der Waals surface area contributed by atoms with Crippen molar-refractivity contribution in [1.29, 1.82) is 0 Å². The second-order valence-electron chi connectivity index (χ2n) is 4.60. The number of aryl methyl sites for hydroxylation is 1. The van der Waals surface area contributed by atoms with Gasteiger partial charge in [-0.25, -0.2) is 4.79 Å². The quantitative estimate of drug-likeness (QED) is 0.891. The Morgan fingerprint density at radius 2 is 1.81 bits per heavy atom. The first-order valence-corrected chi connectivity index (χ1v) is 6.26. The van der Waals surface area contributed by atoms with Crippen LogP contribution in [0.15, 0.2) is 47.4 Å². The smallest absolute Gasteiger partial charge is 0.337 e. The van der Waals surface area contributed by atoms with Gasteiger partial charge in [0.05, 0.1) is 5.56 Å². The Hall–Kier alpha value is -2.89. The maximum absolute atomic E-state index is 11.9. The van der Waals surface area contributed by atoms with E-state index in [0.29, 0.717) is 5.69 Å². The van der Waals surface area contributed by atoms with E-state index in [4.69, 9.17) is 5.11 Å². The zero-order chi connectivity index (χ0) is 15.4. The van der Waals surface area contributed by atoms with Crippen molar-refractivity contribution in [3.05, 3.63) is 64.1 Å². The molecule has 2 aromatic rings. The fourth-order valence-electron chi connectivity index (χ4n) is 1.77. The molecule has 2 rings (SSSR count). The number of nitrogens with zero attached hydrogens (tertiary/aromatic N) is 1. The van der Waals surface area contributed by atoms with Crippen LogP contribution >= 0.6 is 0 Å². The molecule has 0 saturated carbocycles. The summed E-state index contributed by atoms with van der Waals surface area (Å²) in [7, 11) is 0. The molecule has 0 saturated heterocycles. The van der Waals surface area contributed by atoms with Crippen molar-refractivity contribution in [2.75, 3.05) is 5.32 Å². The van der Waals surface area contributed by atoms with E-state index in [1.54, 1.807) is 12.1 Å². The van der Waals surface area contributed by atoms with Crippen LogP contribution < -0.4 is 10.9 Å². The molecule has 0 unspecified atom stereocenters. The number of carboxylic acid groups (broad SMARTS) is 1. The molecule has 2 N–H and O–H groups in total. The molecule has 1 heterocycles. The lowest BCUT2D eigenvalue weighted by molar-refractivity contribution is -0.116. The number of anilines is 1. The summed E-state index contributed by atoms with van der Waals surface area (Å²) in [6.45, 7) is 1.69. The Balaban J connectivity index is 2.12. The van der Waals surface area contributed by atoms with Crippen molar-refractivity contribution in [2.24, 2.45) is 0 Å². The molecule has 0 aliphatic heterocycles. The van der Waals surface area contributed by atoms with Crippen LogP contribution in [0.25, 0.3) is 0 Å². The lowest BCUT2D eigenvalue weighted by Crippen LogP contribution is -2.27. The third kappa shape index (κ3) is 3.79. The number of aromatic carboxylic acids is 1. The molecule has 1 aromatic heterocycles. The van der Waals surface area contributed by atoms with Crippen molar-refractivity contribution >= 4 is 17.6 Å². The van der Waals surface area contributed by atoms with Crippen LogP contribution in [0.1, 0.15) is 15.9 Å². The second kappa shape index (κ2) is 6.04. The van der Waals surface area contributed by atoms with E-state index in [1.807, 2.05) is 19.1 Å². The number of carboxylic acids is 1. The Morgan fingerprint density at radius 1 is 1.14 bits per heavy atom. The van der Waals surface area contributed by atoms with Crippen molar-refractivity contribution in [2.45, 2.75) is 13.5 Å². The van der Waals surface area contributed by atoms with Crippen molar-refractivity contribution in [3.63, 3.8) is 0 Å². The molecule has 6 heteroatoms. The fraction of sp³-hybridized carbons (Fsp3) is 0.133. The first kappa shape index (κ1) is 14.5. The van der Waals surface area contributed by atoms with Crippen LogP contribution in [0.4, 0.5) is 5.69 Å². The van der Waals surface area contributed by atoms with Gasteiger partial charge in [-0.1, -0.05) is 17.7 Å². The first-order chi connectivity index (χ1) is 9.95. The Kier molecular flexibility index (Phi) is 4.18. The minimum absolute atomic E-state index is 0.0438. The number of carbonyl (C=O) groups excluding carboxylic acids is 1. The number of rotatable bonds is 4. The van der Waals surface area contributed by atoms with E-state index in [1.165, 1.54) is 6.07 Å². The lowest BCUT2D eigenvalue weighted by atomic mass is 10.2. The average molecular weight is 286 g/mol. The number of aromatic nitrogens is 1. The number of hydrogen-bond acceptors (Lipinski definition) is 3. The molecule has 0 aliphatic rings. The molecular formula is C15H14N2O4. The SMILES string of the molecule is Cc1ccc(NC(=O)Cn2cc(C(=O)O)ccc2=O)cc1. The van der Waals surface area contributed by atoms with Crippen LogP contribution in [0.5, 0.6) is 0 Å². The molecule has 0 atom stereocenters. The van der Waals surface area contributed by atoms with E-state index in [0.717, 1.165) is 22.4 Å². The molecular weight excluding hydrogens is 272 g/mol. The number of amides is 1. The third-order valence-electron chi connectivity index (χ3n) is 2.88. The van der Waals surface area contributed by atoms with Gasteiger partial charge in [0.1, 0.15) is 6.54 Å². The molecule has 6 nitrogen and oxygen atoms in total. The highest BCUT2D eigenvalue weighted by molar-refractivity contribution is 5.91. The van der Waals surface area contributed by atoms with Gasteiger partial charge < -0.3 is 15.0 Å². The summed E-state index contributed by atoms with van der Waals surface area (Å²) in [5.41, 5.74) is 1.21. The summed E-state index contributed by atoms with van der Waals surface area (Å²) in [6.07, 6.45) is 1.15. The largest absolute Gasteiger partial charge is 0.478 e. The summed E-state index contributed by atoms with van der Waals surface area (Å²) in [5.74, 6) is -1.55. The minimum atomic E-state index is -1.15. The van der Waals surface area contributed by atoms with Gasteiger partial charge in [-0.3, -0.25) is 9.59 Å². The van der Waals surface area contributed by atoms with E-state index in [9.17, 15) is 14.4 Å².